The quantitative estimate of drug-likeness (QED) is 0.318. The Morgan fingerprint density at radius 2 is 1.64 bits per heavy atom. The molecule has 2 fully saturated rings. The molecule has 194 valence electrons. The number of anilines is 3. The molecule has 7 nitrogen and oxygen atoms in total. The summed E-state index contributed by atoms with van der Waals surface area (Å²) in [5.41, 5.74) is -1.45. The van der Waals surface area contributed by atoms with Crippen molar-refractivity contribution in [2.75, 3.05) is 21.1 Å². The molecule has 4 rings (SSSR count). The van der Waals surface area contributed by atoms with Crippen LogP contribution in [0.2, 0.25) is 5.02 Å². The van der Waals surface area contributed by atoms with Crippen LogP contribution < -0.4 is 15.4 Å². The molecule has 36 heavy (non-hydrogen) atoms. The summed E-state index contributed by atoms with van der Waals surface area (Å²) in [6.07, 6.45) is 0.496. The molecule has 0 radical (unpaired) electrons. The molecule has 0 aromatic heterocycles. The number of amides is 2. The molecule has 2 aromatic rings. The fraction of sp³-hybridized carbons (Fsp3) is 0.333. The van der Waals surface area contributed by atoms with Crippen LogP contribution in [0.3, 0.4) is 0 Å². The summed E-state index contributed by atoms with van der Waals surface area (Å²) in [4.78, 5) is 25.0. The van der Waals surface area contributed by atoms with Gasteiger partial charge < -0.3 is 10.6 Å². The molecule has 2 amide bonds. The van der Waals surface area contributed by atoms with Crippen LogP contribution in [-0.4, -0.2) is 34.7 Å². The predicted molar refractivity (Wildman–Crippen MR) is 137 cm³/mol. The maximum Gasteiger partial charge on any atom is 0.257 e. The van der Waals surface area contributed by atoms with Gasteiger partial charge in [-0.25, -0.2) is 17.2 Å². The number of nitrogens with one attached hydrogen (secondary N) is 3. The van der Waals surface area contributed by atoms with Crippen molar-refractivity contribution in [2.24, 2.45) is 11.8 Å². The normalized spacial score (nSPS) is 21.4. The van der Waals surface area contributed by atoms with Gasteiger partial charge in [-0.05, 0) is 43.2 Å². The van der Waals surface area contributed by atoms with Crippen LogP contribution in [0, 0.1) is 23.5 Å². The first-order valence-electron chi connectivity index (χ1n) is 10.3. The summed E-state index contributed by atoms with van der Waals surface area (Å²) in [6.45, 7) is 0. The van der Waals surface area contributed by atoms with E-state index in [1.165, 1.54) is 18.2 Å². The van der Waals surface area contributed by atoms with Gasteiger partial charge in [-0.15, -0.1) is 46.4 Å². The Balaban J connectivity index is 1.50. The lowest BCUT2D eigenvalue weighted by Gasteiger charge is -2.14. The Morgan fingerprint density at radius 1 is 1.00 bits per heavy atom. The lowest BCUT2D eigenvalue weighted by molar-refractivity contribution is -0.117. The van der Waals surface area contributed by atoms with Crippen LogP contribution >= 0.6 is 58.0 Å². The van der Waals surface area contributed by atoms with Crippen molar-refractivity contribution in [3.63, 3.8) is 0 Å². The highest BCUT2D eigenvalue weighted by atomic mass is 35.5. The number of carbonyl (C=O) groups is 2. The topological polar surface area (TPSA) is 104 Å². The van der Waals surface area contributed by atoms with Gasteiger partial charge in [0.1, 0.15) is 20.2 Å². The summed E-state index contributed by atoms with van der Waals surface area (Å²) < 4.78 is 53.5. The van der Waals surface area contributed by atoms with Crippen LogP contribution in [0.4, 0.5) is 25.8 Å². The maximum absolute atomic E-state index is 15.0. The Labute approximate surface area is 229 Å². The molecule has 15 heteroatoms. The molecule has 0 spiro atoms. The van der Waals surface area contributed by atoms with E-state index in [9.17, 15) is 22.4 Å². The molecule has 2 aliphatic rings. The van der Waals surface area contributed by atoms with Gasteiger partial charge in [0.15, 0.2) is 5.82 Å². The van der Waals surface area contributed by atoms with E-state index in [-0.39, 0.29) is 29.1 Å². The van der Waals surface area contributed by atoms with Crippen molar-refractivity contribution < 1.29 is 26.8 Å². The van der Waals surface area contributed by atoms with E-state index in [1.54, 1.807) is 0 Å². The number of rotatable bonds is 8. The molecule has 2 saturated carbocycles. The monoisotopic (exact) mass is 619 g/mol. The molecule has 2 aliphatic carbocycles. The molecule has 2 unspecified atom stereocenters. The Morgan fingerprint density at radius 3 is 2.22 bits per heavy atom. The third kappa shape index (κ3) is 6.11. The van der Waals surface area contributed by atoms with Crippen molar-refractivity contribution in [1.29, 1.82) is 0 Å². The van der Waals surface area contributed by atoms with Crippen molar-refractivity contribution >= 4 is 96.9 Å². The molecule has 0 heterocycles. The molecular weight excluding hydrogens is 606 g/mol. The molecule has 2 aromatic carbocycles. The predicted octanol–water partition coefficient (Wildman–Crippen LogP) is 5.94. The van der Waals surface area contributed by atoms with Crippen LogP contribution in [-0.2, 0) is 14.8 Å². The molecule has 0 saturated heterocycles. The third-order valence-electron chi connectivity index (χ3n) is 5.59. The van der Waals surface area contributed by atoms with Gasteiger partial charge in [0.25, 0.3) is 5.91 Å². The summed E-state index contributed by atoms with van der Waals surface area (Å²) in [6, 6.07) is 5.70. The van der Waals surface area contributed by atoms with Crippen molar-refractivity contribution in [3.8, 4) is 0 Å². The molecule has 3 N–H and O–H groups in total. The first-order valence-corrected chi connectivity index (χ1v) is 13.8. The van der Waals surface area contributed by atoms with Gasteiger partial charge in [-0.3, -0.25) is 14.3 Å². The second-order valence-corrected chi connectivity index (χ2v) is 13.7. The summed E-state index contributed by atoms with van der Waals surface area (Å²) in [5.74, 6) is -5.67. The third-order valence-corrected chi connectivity index (χ3v) is 9.04. The Kier molecular flexibility index (Phi) is 7.35. The zero-order chi connectivity index (χ0) is 26.6. The van der Waals surface area contributed by atoms with E-state index in [4.69, 9.17) is 58.0 Å². The van der Waals surface area contributed by atoms with E-state index < -0.39 is 71.1 Å². The van der Waals surface area contributed by atoms with Gasteiger partial charge in [0, 0.05) is 11.6 Å². The highest BCUT2D eigenvalue weighted by molar-refractivity contribution is 7.92. The van der Waals surface area contributed by atoms with Crippen molar-refractivity contribution in [2.45, 2.75) is 21.5 Å². The van der Waals surface area contributed by atoms with Gasteiger partial charge in [-0.2, -0.15) is 0 Å². The molecule has 2 atom stereocenters. The van der Waals surface area contributed by atoms with E-state index in [1.807, 2.05) is 4.72 Å². The first kappa shape index (κ1) is 27.5. The number of hydrogen-bond acceptors (Lipinski definition) is 4. The van der Waals surface area contributed by atoms with Gasteiger partial charge in [-0.1, -0.05) is 11.6 Å². The molecule has 0 aliphatic heterocycles. The average molecular weight is 622 g/mol. The largest absolute Gasteiger partial charge is 0.326 e. The Hall–Kier alpha value is -1.56. The second-order valence-electron chi connectivity index (χ2n) is 8.49. The number of hydrogen-bond donors (Lipinski definition) is 3. The summed E-state index contributed by atoms with van der Waals surface area (Å²) >= 11 is 29.5. The standard InChI is InChI=1S/C21H16Cl5F2N3O4S/c22-13-2-1-10(29-19(33)12-7-21(12,25)26)5-11(13)18(32)30-15-4-3-14(27)17(16(15)28)31-36(34,35)8-9-6-20(9,23)24/h1-5,9,12,31H,6-8H2,(H,29,33)(H,30,32). The highest BCUT2D eigenvalue weighted by Crippen LogP contribution is 2.54. The average Bonchev–Trinajstić information content (AvgIpc) is 3.60. The lowest BCUT2D eigenvalue weighted by atomic mass is 10.1. The summed E-state index contributed by atoms with van der Waals surface area (Å²) in [5, 5.41) is 4.75. The number of sulfonamides is 1. The Bertz CT molecular complexity index is 1370. The highest BCUT2D eigenvalue weighted by Gasteiger charge is 2.56. The van der Waals surface area contributed by atoms with Crippen LogP contribution in [0.15, 0.2) is 30.3 Å². The number of halogens is 7. The van der Waals surface area contributed by atoms with Crippen LogP contribution in [0.1, 0.15) is 23.2 Å². The van der Waals surface area contributed by atoms with Gasteiger partial charge >= 0.3 is 0 Å². The van der Waals surface area contributed by atoms with E-state index in [0.29, 0.717) is 0 Å². The number of benzene rings is 2. The van der Waals surface area contributed by atoms with Gasteiger partial charge in [0.2, 0.25) is 15.9 Å². The number of alkyl halides is 4. The minimum absolute atomic E-state index is 0.0283. The number of carbonyl (C=O) groups excluding carboxylic acids is 2. The maximum atomic E-state index is 15.0. The van der Waals surface area contributed by atoms with Gasteiger partial charge in [0.05, 0.1) is 27.9 Å². The molecule has 0 bridgehead atoms. The SMILES string of the molecule is O=C(Nc1ccc(F)c(NS(=O)(=O)CC2CC2(Cl)Cl)c1F)c1cc(NC(=O)C2CC2(Cl)Cl)ccc1Cl. The lowest BCUT2D eigenvalue weighted by Crippen LogP contribution is -2.22. The fourth-order valence-corrected chi connectivity index (χ4v) is 6.28. The van der Waals surface area contributed by atoms with E-state index in [2.05, 4.69) is 10.6 Å². The van der Waals surface area contributed by atoms with Crippen LogP contribution in [0.5, 0.6) is 0 Å². The van der Waals surface area contributed by atoms with E-state index in [0.717, 1.165) is 12.1 Å². The van der Waals surface area contributed by atoms with Crippen molar-refractivity contribution in [1.82, 2.24) is 0 Å². The minimum Gasteiger partial charge on any atom is -0.326 e. The van der Waals surface area contributed by atoms with E-state index >= 15 is 4.39 Å². The zero-order valence-corrected chi connectivity index (χ0v) is 22.4. The zero-order valence-electron chi connectivity index (χ0n) is 17.8. The summed E-state index contributed by atoms with van der Waals surface area (Å²) in [7, 11) is -4.21. The molecular formula is C21H16Cl5F2N3O4S. The van der Waals surface area contributed by atoms with Crippen molar-refractivity contribution in [3.05, 3.63) is 52.6 Å². The first-order chi connectivity index (χ1) is 16.6. The fourth-order valence-electron chi connectivity index (χ4n) is 3.35. The minimum atomic E-state index is -4.21. The smallest absolute Gasteiger partial charge is 0.257 e. The van der Waals surface area contributed by atoms with Crippen LogP contribution in [0.25, 0.3) is 0 Å². The second kappa shape index (κ2) is 9.63.